The molecule has 0 aliphatic carbocycles. The van der Waals surface area contributed by atoms with Crippen LogP contribution in [0.2, 0.25) is 0 Å². The third-order valence-electron chi connectivity index (χ3n) is 2.78. The Morgan fingerprint density at radius 1 is 1.42 bits per heavy atom. The third kappa shape index (κ3) is 2.70. The van der Waals surface area contributed by atoms with Crippen molar-refractivity contribution in [2.45, 2.75) is 25.3 Å². The first-order valence-corrected chi connectivity index (χ1v) is 7.27. The number of aromatic amines is 1. The van der Waals surface area contributed by atoms with Crippen molar-refractivity contribution < 1.29 is 13.5 Å². The molecule has 0 spiro atoms. The first-order chi connectivity index (χ1) is 8.94. The number of benzene rings is 1. The SMILES string of the molecule is CCc1ncc(S(=O)(=O)Nc2cccc(O)c2C)[nH]1. The first-order valence-electron chi connectivity index (χ1n) is 5.79. The number of hydrogen-bond donors (Lipinski definition) is 3. The number of aromatic nitrogens is 2. The van der Waals surface area contributed by atoms with Crippen LogP contribution in [0.4, 0.5) is 5.69 Å². The van der Waals surface area contributed by atoms with Crippen LogP contribution in [0, 0.1) is 6.92 Å². The molecule has 102 valence electrons. The number of anilines is 1. The van der Waals surface area contributed by atoms with Crippen LogP contribution in [0.15, 0.2) is 29.4 Å². The predicted octanol–water partition coefficient (Wildman–Crippen LogP) is 1.79. The molecule has 0 radical (unpaired) electrons. The van der Waals surface area contributed by atoms with Crippen LogP contribution in [0.5, 0.6) is 5.75 Å². The predicted molar refractivity (Wildman–Crippen MR) is 71.6 cm³/mol. The second-order valence-electron chi connectivity index (χ2n) is 4.10. The van der Waals surface area contributed by atoms with Crippen molar-refractivity contribution in [3.63, 3.8) is 0 Å². The number of aryl methyl sites for hydroxylation is 1. The van der Waals surface area contributed by atoms with Crippen LogP contribution in [0.3, 0.4) is 0 Å². The topological polar surface area (TPSA) is 95.1 Å². The summed E-state index contributed by atoms with van der Waals surface area (Å²) in [6, 6.07) is 4.66. The number of H-pyrrole nitrogens is 1. The zero-order valence-electron chi connectivity index (χ0n) is 10.6. The van der Waals surface area contributed by atoms with Crippen LogP contribution in [0.1, 0.15) is 18.3 Å². The minimum atomic E-state index is -3.72. The summed E-state index contributed by atoms with van der Waals surface area (Å²) in [7, 11) is -3.72. The molecule has 6 nitrogen and oxygen atoms in total. The molecule has 7 heteroatoms. The molecule has 0 bridgehead atoms. The highest BCUT2D eigenvalue weighted by molar-refractivity contribution is 7.92. The molecule has 19 heavy (non-hydrogen) atoms. The van der Waals surface area contributed by atoms with Gasteiger partial charge in [-0.3, -0.25) is 4.72 Å². The van der Waals surface area contributed by atoms with Gasteiger partial charge < -0.3 is 10.1 Å². The number of phenols is 1. The molecule has 1 aromatic heterocycles. The van der Waals surface area contributed by atoms with E-state index in [-0.39, 0.29) is 10.8 Å². The first kappa shape index (κ1) is 13.4. The van der Waals surface area contributed by atoms with Crippen molar-refractivity contribution in [1.82, 2.24) is 9.97 Å². The average Bonchev–Trinajstić information content (AvgIpc) is 2.84. The largest absolute Gasteiger partial charge is 0.508 e. The molecule has 2 aromatic rings. The van der Waals surface area contributed by atoms with Crippen LogP contribution >= 0.6 is 0 Å². The molecular weight excluding hydrogens is 266 g/mol. The lowest BCUT2D eigenvalue weighted by atomic mass is 10.2. The van der Waals surface area contributed by atoms with Gasteiger partial charge in [0, 0.05) is 12.0 Å². The summed E-state index contributed by atoms with van der Waals surface area (Å²) in [6.07, 6.45) is 1.90. The van der Waals surface area contributed by atoms with Gasteiger partial charge in [0.15, 0.2) is 5.03 Å². The summed E-state index contributed by atoms with van der Waals surface area (Å²) in [5.74, 6) is 0.645. The van der Waals surface area contributed by atoms with Gasteiger partial charge in [0.25, 0.3) is 10.0 Å². The van der Waals surface area contributed by atoms with Gasteiger partial charge in [-0.2, -0.15) is 8.42 Å². The lowest BCUT2D eigenvalue weighted by Gasteiger charge is -2.09. The molecule has 0 unspecified atom stereocenters. The van der Waals surface area contributed by atoms with Gasteiger partial charge in [-0.15, -0.1) is 0 Å². The summed E-state index contributed by atoms with van der Waals surface area (Å²) in [5, 5.41) is 9.56. The highest BCUT2D eigenvalue weighted by Crippen LogP contribution is 2.25. The quantitative estimate of drug-likeness (QED) is 0.796. The molecule has 1 heterocycles. The molecule has 0 amide bonds. The Balaban J connectivity index is 2.33. The fourth-order valence-electron chi connectivity index (χ4n) is 1.59. The standard InChI is InChI=1S/C12H15N3O3S/c1-3-11-13-7-12(14-11)19(17,18)15-9-5-4-6-10(16)8(9)2/h4-7,15-16H,3H2,1-2H3,(H,13,14). The molecule has 0 aliphatic heterocycles. The van der Waals surface area contributed by atoms with E-state index < -0.39 is 10.0 Å². The Bertz CT molecular complexity index is 692. The van der Waals surface area contributed by atoms with Crippen molar-refractivity contribution in [2.24, 2.45) is 0 Å². The van der Waals surface area contributed by atoms with E-state index in [9.17, 15) is 13.5 Å². The maximum Gasteiger partial charge on any atom is 0.278 e. The third-order valence-corrected chi connectivity index (χ3v) is 4.05. The number of phenolic OH excluding ortho intramolecular Hbond substituents is 1. The van der Waals surface area contributed by atoms with E-state index >= 15 is 0 Å². The molecule has 0 saturated heterocycles. The summed E-state index contributed by atoms with van der Waals surface area (Å²) in [5.41, 5.74) is 0.814. The number of imidazole rings is 1. The van der Waals surface area contributed by atoms with E-state index in [1.165, 1.54) is 12.3 Å². The molecule has 0 aliphatic rings. The number of sulfonamides is 1. The fraction of sp³-hybridized carbons (Fsp3) is 0.250. The van der Waals surface area contributed by atoms with E-state index in [0.717, 1.165) is 0 Å². The van der Waals surface area contributed by atoms with Crippen LogP contribution in [-0.2, 0) is 16.4 Å². The van der Waals surface area contributed by atoms with E-state index in [1.54, 1.807) is 19.1 Å². The van der Waals surface area contributed by atoms with Gasteiger partial charge >= 0.3 is 0 Å². The van der Waals surface area contributed by atoms with Gasteiger partial charge in [-0.25, -0.2) is 4.98 Å². The van der Waals surface area contributed by atoms with Gasteiger partial charge in [-0.05, 0) is 19.1 Å². The van der Waals surface area contributed by atoms with Crippen LogP contribution < -0.4 is 4.72 Å². The van der Waals surface area contributed by atoms with Crippen molar-refractivity contribution in [3.05, 3.63) is 35.8 Å². The van der Waals surface area contributed by atoms with E-state index in [4.69, 9.17) is 0 Å². The highest BCUT2D eigenvalue weighted by atomic mass is 32.2. The Morgan fingerprint density at radius 3 is 2.79 bits per heavy atom. The number of aromatic hydroxyl groups is 1. The monoisotopic (exact) mass is 281 g/mol. The number of hydrogen-bond acceptors (Lipinski definition) is 4. The van der Waals surface area contributed by atoms with Crippen LogP contribution in [-0.4, -0.2) is 23.5 Å². The average molecular weight is 281 g/mol. The number of nitrogens with one attached hydrogen (secondary N) is 2. The molecule has 2 rings (SSSR count). The van der Waals surface area contributed by atoms with Gasteiger partial charge in [0.05, 0.1) is 11.9 Å². The summed E-state index contributed by atoms with van der Waals surface area (Å²) in [6.45, 7) is 3.51. The summed E-state index contributed by atoms with van der Waals surface area (Å²) in [4.78, 5) is 6.69. The summed E-state index contributed by atoms with van der Waals surface area (Å²) >= 11 is 0. The Hall–Kier alpha value is -2.02. The zero-order chi connectivity index (χ0) is 14.0. The smallest absolute Gasteiger partial charge is 0.278 e. The van der Waals surface area contributed by atoms with Crippen molar-refractivity contribution in [1.29, 1.82) is 0 Å². The second kappa shape index (κ2) is 4.93. The summed E-state index contributed by atoms with van der Waals surface area (Å²) < 4.78 is 26.7. The fourth-order valence-corrected chi connectivity index (χ4v) is 2.66. The number of rotatable bonds is 4. The maximum atomic E-state index is 12.1. The Kier molecular flexibility index (Phi) is 3.48. The second-order valence-corrected chi connectivity index (χ2v) is 5.75. The molecule has 0 atom stereocenters. The normalized spacial score (nSPS) is 11.5. The van der Waals surface area contributed by atoms with Crippen molar-refractivity contribution in [3.8, 4) is 5.75 Å². The minimum Gasteiger partial charge on any atom is -0.508 e. The van der Waals surface area contributed by atoms with Gasteiger partial charge in [-0.1, -0.05) is 13.0 Å². The molecular formula is C12H15N3O3S. The molecule has 0 saturated carbocycles. The van der Waals surface area contributed by atoms with E-state index in [0.29, 0.717) is 23.5 Å². The van der Waals surface area contributed by atoms with Crippen molar-refractivity contribution >= 4 is 15.7 Å². The molecule has 0 fully saturated rings. The Labute approximate surface area is 111 Å². The van der Waals surface area contributed by atoms with Crippen LogP contribution in [0.25, 0.3) is 0 Å². The van der Waals surface area contributed by atoms with E-state index in [1.807, 2.05) is 6.92 Å². The Morgan fingerprint density at radius 2 is 2.16 bits per heavy atom. The zero-order valence-corrected chi connectivity index (χ0v) is 11.5. The maximum absolute atomic E-state index is 12.1. The lowest BCUT2D eigenvalue weighted by Crippen LogP contribution is -2.14. The van der Waals surface area contributed by atoms with Gasteiger partial charge in [0.1, 0.15) is 11.6 Å². The lowest BCUT2D eigenvalue weighted by molar-refractivity contribution is 0.471. The van der Waals surface area contributed by atoms with E-state index in [2.05, 4.69) is 14.7 Å². The van der Waals surface area contributed by atoms with Crippen molar-refractivity contribution in [2.75, 3.05) is 4.72 Å². The molecule has 3 N–H and O–H groups in total. The molecule has 1 aromatic carbocycles. The minimum absolute atomic E-state index is 0.00657. The highest BCUT2D eigenvalue weighted by Gasteiger charge is 2.18. The number of nitrogens with zero attached hydrogens (tertiary/aromatic N) is 1. The van der Waals surface area contributed by atoms with Gasteiger partial charge in [0.2, 0.25) is 0 Å².